The van der Waals surface area contributed by atoms with Gasteiger partial charge in [-0.1, -0.05) is 63.2 Å². The summed E-state index contributed by atoms with van der Waals surface area (Å²) in [6.07, 6.45) is 1.12. The van der Waals surface area contributed by atoms with Crippen LogP contribution in [0.4, 0.5) is 0 Å². The molecule has 3 rings (SSSR count). The van der Waals surface area contributed by atoms with Gasteiger partial charge in [0.15, 0.2) is 5.78 Å². The summed E-state index contributed by atoms with van der Waals surface area (Å²) in [6, 6.07) is 14.9. The van der Waals surface area contributed by atoms with Crippen LogP contribution >= 0.6 is 0 Å². The fourth-order valence-corrected chi connectivity index (χ4v) is 3.96. The molecular formula is C29H35N3O6. The maximum Gasteiger partial charge on any atom is 0.326 e. The van der Waals surface area contributed by atoms with Crippen LogP contribution in [0.25, 0.3) is 11.4 Å². The van der Waals surface area contributed by atoms with Gasteiger partial charge in [0.1, 0.15) is 18.4 Å². The summed E-state index contributed by atoms with van der Waals surface area (Å²) in [6.45, 7) is 7.78. The highest BCUT2D eigenvalue weighted by atomic mass is 16.5. The van der Waals surface area contributed by atoms with Gasteiger partial charge in [-0.3, -0.25) is 9.59 Å². The average Bonchev–Trinajstić information content (AvgIpc) is 3.35. The van der Waals surface area contributed by atoms with Crippen molar-refractivity contribution in [2.24, 2.45) is 17.8 Å². The van der Waals surface area contributed by atoms with Gasteiger partial charge >= 0.3 is 5.97 Å². The SMILES string of the molecule is CC(C)CC(NC(=O)c1ccc(OCC(=O)CC(Cc2nc(-c3ccccc3)no2)C(C)C)cc1)C(=O)O. The van der Waals surface area contributed by atoms with Crippen LogP contribution in [0.2, 0.25) is 0 Å². The monoisotopic (exact) mass is 521 g/mol. The summed E-state index contributed by atoms with van der Waals surface area (Å²) in [5.74, 6) is 0.195. The van der Waals surface area contributed by atoms with Gasteiger partial charge in [-0.05, 0) is 48.4 Å². The third-order valence-corrected chi connectivity index (χ3v) is 6.20. The zero-order chi connectivity index (χ0) is 27.7. The molecule has 0 fully saturated rings. The maximum atomic E-state index is 12.7. The number of hydrogen-bond acceptors (Lipinski definition) is 7. The Morgan fingerprint density at radius 2 is 1.68 bits per heavy atom. The van der Waals surface area contributed by atoms with Gasteiger partial charge in [0.25, 0.3) is 5.91 Å². The summed E-state index contributed by atoms with van der Waals surface area (Å²) in [5.41, 5.74) is 1.18. The fourth-order valence-electron chi connectivity index (χ4n) is 3.96. The Balaban J connectivity index is 1.51. The lowest BCUT2D eigenvalue weighted by atomic mass is 9.88. The highest BCUT2D eigenvalue weighted by Gasteiger charge is 2.23. The number of nitrogens with one attached hydrogen (secondary N) is 1. The van der Waals surface area contributed by atoms with Crippen LogP contribution in [-0.2, 0) is 16.0 Å². The molecule has 2 aromatic carbocycles. The summed E-state index contributed by atoms with van der Waals surface area (Å²) in [7, 11) is 0. The van der Waals surface area contributed by atoms with E-state index in [2.05, 4.69) is 15.5 Å². The van der Waals surface area contributed by atoms with Crippen LogP contribution in [0.5, 0.6) is 5.75 Å². The summed E-state index contributed by atoms with van der Waals surface area (Å²) >= 11 is 0. The molecule has 1 heterocycles. The molecule has 0 radical (unpaired) electrons. The Morgan fingerprint density at radius 3 is 2.29 bits per heavy atom. The van der Waals surface area contributed by atoms with Gasteiger partial charge in [-0.25, -0.2) is 4.79 Å². The second kappa shape index (κ2) is 13.5. The van der Waals surface area contributed by atoms with Crippen LogP contribution in [0.15, 0.2) is 59.1 Å². The Morgan fingerprint density at radius 1 is 1.00 bits per heavy atom. The standard InChI is InChI=1S/C29H35N3O6/c1-18(2)14-25(29(35)36)30-28(34)21-10-12-24(13-11-21)37-17-23(33)15-22(19(3)4)16-26-31-27(32-38-26)20-8-6-5-7-9-20/h5-13,18-19,22,25H,14-17H2,1-4H3,(H,30,34)(H,35,36). The number of carbonyl (C=O) groups excluding carboxylic acids is 2. The van der Waals surface area contributed by atoms with Gasteiger partial charge < -0.3 is 19.7 Å². The minimum absolute atomic E-state index is 0.00858. The first-order valence-electron chi connectivity index (χ1n) is 12.8. The van der Waals surface area contributed by atoms with Crippen molar-refractivity contribution in [1.82, 2.24) is 15.5 Å². The van der Waals surface area contributed by atoms with Crippen molar-refractivity contribution >= 4 is 17.7 Å². The number of aromatic nitrogens is 2. The molecule has 38 heavy (non-hydrogen) atoms. The topological polar surface area (TPSA) is 132 Å². The van der Waals surface area contributed by atoms with E-state index in [1.54, 1.807) is 24.3 Å². The smallest absolute Gasteiger partial charge is 0.326 e. The molecule has 2 unspecified atom stereocenters. The number of amides is 1. The molecule has 0 aliphatic rings. The Kier molecular flexibility index (Phi) is 10.2. The molecule has 3 aromatic rings. The molecule has 0 saturated carbocycles. The molecular weight excluding hydrogens is 486 g/mol. The molecule has 0 aliphatic carbocycles. The van der Waals surface area contributed by atoms with E-state index < -0.39 is 17.9 Å². The molecule has 0 spiro atoms. The van der Waals surface area contributed by atoms with E-state index >= 15 is 0 Å². The third kappa shape index (κ3) is 8.54. The van der Waals surface area contributed by atoms with E-state index in [9.17, 15) is 19.5 Å². The number of rotatable bonds is 14. The molecule has 0 saturated heterocycles. The van der Waals surface area contributed by atoms with Crippen molar-refractivity contribution < 1.29 is 28.8 Å². The highest BCUT2D eigenvalue weighted by molar-refractivity contribution is 5.96. The number of benzene rings is 2. The van der Waals surface area contributed by atoms with Gasteiger partial charge in [0.05, 0.1) is 0 Å². The molecule has 1 amide bonds. The zero-order valence-electron chi connectivity index (χ0n) is 22.2. The van der Waals surface area contributed by atoms with Crippen molar-refractivity contribution in [3.05, 3.63) is 66.1 Å². The Labute approximate surface area is 222 Å². The molecule has 9 heteroatoms. The fraction of sp³-hybridized carbons (Fsp3) is 0.414. The number of ether oxygens (including phenoxy) is 1. The van der Waals surface area contributed by atoms with Crippen LogP contribution in [0.3, 0.4) is 0 Å². The van der Waals surface area contributed by atoms with Crippen LogP contribution in [-0.4, -0.2) is 45.6 Å². The number of carboxylic acid groups (broad SMARTS) is 1. The van der Waals surface area contributed by atoms with E-state index in [0.29, 0.717) is 42.3 Å². The number of Topliss-reactive ketones (excluding diaryl/α,β-unsaturated/α-hetero) is 1. The molecule has 202 valence electrons. The second-order valence-electron chi connectivity index (χ2n) is 10.1. The van der Waals surface area contributed by atoms with Crippen LogP contribution in [0, 0.1) is 17.8 Å². The van der Waals surface area contributed by atoms with E-state index in [1.807, 2.05) is 58.0 Å². The van der Waals surface area contributed by atoms with E-state index in [4.69, 9.17) is 9.26 Å². The summed E-state index contributed by atoms with van der Waals surface area (Å²) < 4.78 is 11.1. The summed E-state index contributed by atoms with van der Waals surface area (Å²) in [5, 5.41) is 15.9. The molecule has 9 nitrogen and oxygen atoms in total. The van der Waals surface area contributed by atoms with Gasteiger partial charge in [-0.2, -0.15) is 4.98 Å². The van der Waals surface area contributed by atoms with Crippen LogP contribution < -0.4 is 10.1 Å². The number of aliphatic carboxylic acids is 1. The lowest BCUT2D eigenvalue weighted by Gasteiger charge is -2.18. The molecule has 1 aromatic heterocycles. The van der Waals surface area contributed by atoms with Gasteiger partial charge in [-0.15, -0.1) is 0 Å². The quantitative estimate of drug-likeness (QED) is 0.309. The molecule has 2 atom stereocenters. The number of ketones is 1. The lowest BCUT2D eigenvalue weighted by molar-refractivity contribution is -0.139. The van der Waals surface area contributed by atoms with Crippen molar-refractivity contribution in [2.75, 3.05) is 6.61 Å². The molecule has 2 N–H and O–H groups in total. The van der Waals surface area contributed by atoms with Gasteiger partial charge in [0, 0.05) is 24.0 Å². The van der Waals surface area contributed by atoms with E-state index in [0.717, 1.165) is 5.56 Å². The number of nitrogens with zero attached hydrogens (tertiary/aromatic N) is 2. The third-order valence-electron chi connectivity index (χ3n) is 6.20. The van der Waals surface area contributed by atoms with Crippen molar-refractivity contribution in [2.45, 2.75) is 53.0 Å². The maximum absolute atomic E-state index is 12.7. The first kappa shape index (κ1) is 28.6. The van der Waals surface area contributed by atoms with Crippen molar-refractivity contribution in [1.29, 1.82) is 0 Å². The lowest BCUT2D eigenvalue weighted by Crippen LogP contribution is -2.41. The van der Waals surface area contributed by atoms with Crippen LogP contribution in [0.1, 0.15) is 56.8 Å². The first-order valence-corrected chi connectivity index (χ1v) is 12.8. The predicted octanol–water partition coefficient (Wildman–Crippen LogP) is 4.82. The molecule has 0 aliphatic heterocycles. The number of carbonyl (C=O) groups is 3. The average molecular weight is 522 g/mol. The van der Waals surface area contributed by atoms with Gasteiger partial charge in [0.2, 0.25) is 11.7 Å². The number of hydrogen-bond donors (Lipinski definition) is 2. The number of carboxylic acids is 1. The first-order chi connectivity index (χ1) is 18.1. The van der Waals surface area contributed by atoms with Crippen molar-refractivity contribution in [3.63, 3.8) is 0 Å². The van der Waals surface area contributed by atoms with Crippen molar-refractivity contribution in [3.8, 4) is 17.1 Å². The minimum Gasteiger partial charge on any atom is -0.486 e. The van der Waals surface area contributed by atoms with E-state index in [1.165, 1.54) is 0 Å². The Bertz CT molecular complexity index is 1200. The van der Waals surface area contributed by atoms with E-state index in [-0.39, 0.29) is 30.1 Å². The zero-order valence-corrected chi connectivity index (χ0v) is 22.2. The highest BCUT2D eigenvalue weighted by Crippen LogP contribution is 2.23. The largest absolute Gasteiger partial charge is 0.486 e. The Hall–Kier alpha value is -4.01. The normalized spacial score (nSPS) is 12.8. The minimum atomic E-state index is -1.07. The summed E-state index contributed by atoms with van der Waals surface area (Å²) in [4.78, 5) is 41.0. The predicted molar refractivity (Wildman–Crippen MR) is 142 cm³/mol. The second-order valence-corrected chi connectivity index (χ2v) is 10.1. The molecule has 0 bridgehead atoms.